The van der Waals surface area contributed by atoms with Gasteiger partial charge in [-0.15, -0.1) is 0 Å². The van der Waals surface area contributed by atoms with Gasteiger partial charge < -0.3 is 58.3 Å². The standard InChI is InChI=1S/4C7H12O4.C7H8.Zr/c4*1-3-10-6(8)5-7(9)11-4-2;1-7-5-3-2-4-6-7;/h4*5,8H,3-4H2,1-2H3;2-6H,1H3;/q;;;;;+4/p-4/b4*6-5+;;. The van der Waals surface area contributed by atoms with Crippen molar-refractivity contribution in [2.75, 3.05) is 52.9 Å². The first-order valence-electron chi connectivity index (χ1n) is 16.0. The van der Waals surface area contributed by atoms with Crippen molar-refractivity contribution in [3.63, 3.8) is 0 Å². The molecular weight excluding hydrogens is 768 g/mol. The topological polar surface area (TPSA) is 234 Å². The quantitative estimate of drug-likeness (QED) is 0.0984. The van der Waals surface area contributed by atoms with Gasteiger partial charge in [0.25, 0.3) is 0 Å². The minimum Gasteiger partial charge on any atom is -0.613 e. The maximum absolute atomic E-state index is 10.5. The smallest absolute Gasteiger partial charge is 0.613 e. The molecule has 0 atom stereocenters. The fourth-order valence-electron chi connectivity index (χ4n) is 2.39. The van der Waals surface area contributed by atoms with Gasteiger partial charge in [0.1, 0.15) is 0 Å². The Morgan fingerprint density at radius 1 is 0.423 bits per heavy atom. The van der Waals surface area contributed by atoms with Crippen molar-refractivity contribution < 1.29 is 104 Å². The van der Waals surface area contributed by atoms with E-state index in [1.54, 1.807) is 55.4 Å². The molecule has 0 saturated carbocycles. The van der Waals surface area contributed by atoms with E-state index in [1.807, 2.05) is 18.2 Å². The SMILES string of the molecule is CCOC(=O)/C=C(\[O-])OCC.CCOC(=O)/C=C(\[O-])OCC.CCOC(=O)/C=C(\[O-])OCC.CCOC(=O)/C=C(\[O-])OCC.Cc1ccccc1.[Zr+4]. The zero-order valence-corrected chi connectivity index (χ0v) is 33.8. The van der Waals surface area contributed by atoms with Crippen LogP contribution in [0.5, 0.6) is 0 Å². The number of hydrogen-bond donors (Lipinski definition) is 0. The third-order valence-corrected chi connectivity index (χ3v) is 4.18. The maximum atomic E-state index is 10.5. The third-order valence-electron chi connectivity index (χ3n) is 4.18. The van der Waals surface area contributed by atoms with Gasteiger partial charge in [-0.1, -0.05) is 63.6 Å². The Balaban J connectivity index is -0.000000177. The minimum absolute atomic E-state index is 0. The predicted octanol–water partition coefficient (Wildman–Crippen LogP) is 1.14. The first kappa shape index (κ1) is 56.7. The van der Waals surface area contributed by atoms with E-state index in [-0.39, 0.29) is 79.1 Å². The van der Waals surface area contributed by atoms with Crippen molar-refractivity contribution in [3.05, 3.63) is 84.0 Å². The molecule has 0 heterocycles. The molecule has 0 N–H and O–H groups in total. The molecule has 17 heteroatoms. The summed E-state index contributed by atoms with van der Waals surface area (Å²) in [4.78, 5) is 42.2. The zero-order valence-electron chi connectivity index (χ0n) is 31.4. The number of esters is 4. The summed E-state index contributed by atoms with van der Waals surface area (Å²) in [5.74, 6) is -5.29. The minimum atomic E-state index is -0.661. The number of carbonyl (C=O) groups is 4. The molecule has 0 saturated heterocycles. The van der Waals surface area contributed by atoms with Crippen LogP contribution in [-0.2, 0) is 83.3 Å². The zero-order chi connectivity index (χ0) is 39.9. The Morgan fingerprint density at radius 2 is 0.615 bits per heavy atom. The molecule has 0 amide bonds. The van der Waals surface area contributed by atoms with Crippen LogP contribution >= 0.6 is 0 Å². The molecule has 0 radical (unpaired) electrons. The molecule has 0 aromatic heterocycles. The Hall–Kier alpha value is -4.66. The molecule has 1 rings (SSSR count). The molecule has 0 fully saturated rings. The first-order valence-corrected chi connectivity index (χ1v) is 16.0. The van der Waals surface area contributed by atoms with E-state index in [1.165, 1.54) is 5.56 Å². The van der Waals surface area contributed by atoms with Gasteiger partial charge in [-0.05, 0) is 61.0 Å². The normalized spacial score (nSPS) is 10.4. The molecule has 0 unspecified atom stereocenters. The molecule has 0 spiro atoms. The van der Waals surface area contributed by atoms with E-state index in [2.05, 4.69) is 57.0 Å². The molecule has 16 nitrogen and oxygen atoms in total. The molecule has 0 bridgehead atoms. The Bertz CT molecular complexity index is 1020. The second-order valence-electron chi connectivity index (χ2n) is 8.25. The maximum Gasteiger partial charge on any atom is 4.00 e. The number of aryl methyl sites for hydroxylation is 1. The molecule has 0 aliphatic carbocycles. The van der Waals surface area contributed by atoms with Crippen LogP contribution in [0.1, 0.15) is 61.0 Å². The van der Waals surface area contributed by atoms with Crippen LogP contribution in [0, 0.1) is 6.92 Å². The number of hydrogen-bond acceptors (Lipinski definition) is 16. The van der Waals surface area contributed by atoms with E-state index in [9.17, 15) is 39.6 Å². The van der Waals surface area contributed by atoms with Crippen molar-refractivity contribution in [3.8, 4) is 0 Å². The summed E-state index contributed by atoms with van der Waals surface area (Å²) >= 11 is 0. The van der Waals surface area contributed by atoms with Crippen LogP contribution in [0.2, 0.25) is 0 Å². The summed E-state index contributed by atoms with van der Waals surface area (Å²) in [6.45, 7) is 17.5. The van der Waals surface area contributed by atoms with Crippen molar-refractivity contribution >= 4 is 23.9 Å². The third kappa shape index (κ3) is 47.5. The Morgan fingerprint density at radius 3 is 0.750 bits per heavy atom. The van der Waals surface area contributed by atoms with Crippen LogP contribution in [0.3, 0.4) is 0 Å². The largest absolute Gasteiger partial charge is 4.00 e. The Kier molecular flexibility index (Phi) is 46.4. The van der Waals surface area contributed by atoms with Crippen molar-refractivity contribution in [1.29, 1.82) is 0 Å². The van der Waals surface area contributed by atoms with Gasteiger partial charge in [0.05, 0.1) is 50.2 Å². The van der Waals surface area contributed by atoms with Crippen LogP contribution < -0.4 is 20.4 Å². The van der Waals surface area contributed by atoms with Gasteiger partial charge in [0, 0.05) is 24.3 Å². The molecule has 0 aliphatic heterocycles. The van der Waals surface area contributed by atoms with Gasteiger partial charge in [0.2, 0.25) is 0 Å². The second kappa shape index (κ2) is 42.5. The summed E-state index contributed by atoms with van der Waals surface area (Å²) in [6.07, 6.45) is 3.14. The second-order valence-corrected chi connectivity index (χ2v) is 8.25. The van der Waals surface area contributed by atoms with E-state index in [0.29, 0.717) is 0 Å². The number of benzene rings is 1. The molecule has 292 valence electrons. The number of ether oxygens (including phenoxy) is 8. The van der Waals surface area contributed by atoms with Gasteiger partial charge in [0.15, 0.2) is 0 Å². The van der Waals surface area contributed by atoms with Crippen LogP contribution in [0.15, 0.2) is 78.4 Å². The van der Waals surface area contributed by atoms with E-state index >= 15 is 0 Å². The first-order chi connectivity index (χ1) is 24.2. The molecule has 1 aromatic rings. The van der Waals surface area contributed by atoms with E-state index < -0.39 is 47.7 Å². The summed E-state index contributed by atoms with van der Waals surface area (Å²) in [7, 11) is 0. The van der Waals surface area contributed by atoms with Crippen LogP contribution in [-0.4, -0.2) is 76.7 Å². The summed E-state index contributed by atoms with van der Waals surface area (Å²) in [5, 5.41) is 42.2. The fourth-order valence-corrected chi connectivity index (χ4v) is 2.39. The molecule has 1 aromatic carbocycles. The van der Waals surface area contributed by atoms with E-state index in [0.717, 1.165) is 24.3 Å². The fraction of sp³-hybridized carbons (Fsp3) is 0.486. The summed E-state index contributed by atoms with van der Waals surface area (Å²) in [6, 6.07) is 10.3. The number of rotatable bonds is 16. The number of carbonyl (C=O) groups excluding carboxylic acids is 4. The van der Waals surface area contributed by atoms with Crippen molar-refractivity contribution in [2.45, 2.75) is 62.3 Å². The van der Waals surface area contributed by atoms with Crippen LogP contribution in [0.4, 0.5) is 0 Å². The average molecular weight is 820 g/mol. The summed E-state index contributed by atoms with van der Waals surface area (Å²) in [5.41, 5.74) is 1.32. The van der Waals surface area contributed by atoms with Crippen molar-refractivity contribution in [2.24, 2.45) is 0 Å². The average Bonchev–Trinajstić information content (AvgIpc) is 3.03. The van der Waals surface area contributed by atoms with Gasteiger partial charge >= 0.3 is 50.1 Å². The monoisotopic (exact) mass is 818 g/mol. The van der Waals surface area contributed by atoms with E-state index in [4.69, 9.17) is 0 Å². The van der Waals surface area contributed by atoms with Gasteiger partial charge in [-0.25, -0.2) is 19.2 Å². The molecule has 52 heavy (non-hydrogen) atoms. The van der Waals surface area contributed by atoms with Crippen molar-refractivity contribution in [1.82, 2.24) is 0 Å². The predicted molar refractivity (Wildman–Crippen MR) is 177 cm³/mol. The Labute approximate surface area is 325 Å². The van der Waals surface area contributed by atoms with Gasteiger partial charge in [-0.3, -0.25) is 0 Å². The molecule has 0 aliphatic rings. The van der Waals surface area contributed by atoms with Crippen LogP contribution in [0.25, 0.3) is 0 Å². The summed E-state index contributed by atoms with van der Waals surface area (Å²) < 4.78 is 35.7. The molecular formula is C35H52O16Zr. The van der Waals surface area contributed by atoms with Gasteiger partial charge in [-0.2, -0.15) is 0 Å².